The molecule has 0 aliphatic rings. The molecule has 32 heavy (non-hydrogen) atoms. The van der Waals surface area contributed by atoms with Crippen molar-refractivity contribution in [1.82, 2.24) is 0 Å². The van der Waals surface area contributed by atoms with Crippen molar-refractivity contribution in [2.45, 2.75) is 0 Å². The van der Waals surface area contributed by atoms with Crippen LogP contribution in [0.3, 0.4) is 0 Å². The van der Waals surface area contributed by atoms with Crippen LogP contribution in [0.2, 0.25) is 0 Å². The lowest BCUT2D eigenvalue weighted by Crippen LogP contribution is -1.90. The second-order valence-electron chi connectivity index (χ2n) is 6.61. The van der Waals surface area contributed by atoms with Gasteiger partial charge in [0.1, 0.15) is 12.1 Å². The van der Waals surface area contributed by atoms with Crippen LogP contribution in [0.25, 0.3) is 24.3 Å². The van der Waals surface area contributed by atoms with E-state index in [9.17, 15) is 30.8 Å². The lowest BCUT2D eigenvalue weighted by atomic mass is 10.0. The highest BCUT2D eigenvalue weighted by atomic mass is 16.6. The van der Waals surface area contributed by atoms with Crippen LogP contribution in [0.15, 0.2) is 60.7 Å². The summed E-state index contributed by atoms with van der Waals surface area (Å²) in [6.45, 7) is 0. The molecule has 0 radical (unpaired) electrons. The first-order valence-corrected chi connectivity index (χ1v) is 9.24. The van der Waals surface area contributed by atoms with Crippen molar-refractivity contribution >= 4 is 35.7 Å². The normalized spacial score (nSPS) is 10.7. The van der Waals surface area contributed by atoms with Gasteiger partial charge >= 0.3 is 0 Å². The highest BCUT2D eigenvalue weighted by molar-refractivity contribution is 5.76. The fourth-order valence-corrected chi connectivity index (χ4v) is 2.89. The van der Waals surface area contributed by atoms with Crippen LogP contribution in [0.5, 0.6) is 0 Å². The van der Waals surface area contributed by atoms with Crippen molar-refractivity contribution in [3.63, 3.8) is 0 Å². The number of benzene rings is 3. The van der Waals surface area contributed by atoms with Crippen molar-refractivity contribution in [3.05, 3.63) is 114 Å². The van der Waals surface area contributed by atoms with Gasteiger partial charge in [0.05, 0.1) is 21.0 Å². The van der Waals surface area contributed by atoms with E-state index in [1.165, 1.54) is 36.4 Å². The van der Waals surface area contributed by atoms with E-state index in [1.54, 1.807) is 24.3 Å². The van der Waals surface area contributed by atoms with Crippen LogP contribution in [-0.2, 0) is 0 Å². The number of hydrogen-bond donors (Lipinski definition) is 0. The molecule has 154 valence electrons. The lowest BCUT2D eigenvalue weighted by Gasteiger charge is -2.00. The molecule has 3 aromatic carbocycles. The van der Waals surface area contributed by atoms with E-state index < -0.39 is 9.85 Å². The van der Waals surface area contributed by atoms with Gasteiger partial charge in [0.2, 0.25) is 0 Å². The van der Waals surface area contributed by atoms with E-state index in [4.69, 9.17) is 0 Å². The maximum Gasteiger partial charge on any atom is 0.270 e. The Bertz CT molecular complexity index is 1240. The van der Waals surface area contributed by atoms with E-state index in [2.05, 4.69) is 0 Å². The van der Waals surface area contributed by atoms with Crippen LogP contribution < -0.4 is 0 Å². The Kier molecular flexibility index (Phi) is 6.50. The molecule has 0 N–H and O–H groups in total. The summed E-state index contributed by atoms with van der Waals surface area (Å²) in [5.74, 6) is 0. The number of non-ortho nitro benzene ring substituents is 2. The molecule has 0 unspecified atom stereocenters. The Balaban J connectivity index is 1.76. The molecule has 0 atom stereocenters. The van der Waals surface area contributed by atoms with Gasteiger partial charge in [-0.25, -0.2) is 0 Å². The van der Waals surface area contributed by atoms with Crippen LogP contribution in [0.1, 0.15) is 33.4 Å². The fraction of sp³-hybridized carbons (Fsp3) is 0. The van der Waals surface area contributed by atoms with Crippen molar-refractivity contribution in [2.75, 3.05) is 0 Å². The molecule has 0 aliphatic carbocycles. The van der Waals surface area contributed by atoms with Gasteiger partial charge in [-0.15, -0.1) is 0 Å². The minimum absolute atomic E-state index is 0.137. The number of rotatable bonds is 6. The van der Waals surface area contributed by atoms with Gasteiger partial charge < -0.3 is 0 Å². The molecule has 0 amide bonds. The van der Waals surface area contributed by atoms with Gasteiger partial charge in [-0.1, -0.05) is 48.6 Å². The Morgan fingerprint density at radius 2 is 1.00 bits per heavy atom. The zero-order valence-electron chi connectivity index (χ0n) is 16.5. The van der Waals surface area contributed by atoms with Gasteiger partial charge in [0.15, 0.2) is 0 Å². The lowest BCUT2D eigenvalue weighted by molar-refractivity contribution is -0.385. The smallest absolute Gasteiger partial charge is 0.258 e. The van der Waals surface area contributed by atoms with E-state index in [0.717, 1.165) is 11.1 Å². The Labute approximate surface area is 182 Å². The second kappa shape index (κ2) is 9.61. The average molecular weight is 422 g/mol. The van der Waals surface area contributed by atoms with E-state index >= 15 is 0 Å². The van der Waals surface area contributed by atoms with Gasteiger partial charge in [-0.05, 0) is 34.4 Å². The fourth-order valence-electron chi connectivity index (χ4n) is 2.89. The summed E-state index contributed by atoms with van der Waals surface area (Å²) in [7, 11) is 0. The van der Waals surface area contributed by atoms with Crippen molar-refractivity contribution in [3.8, 4) is 12.1 Å². The van der Waals surface area contributed by atoms with Crippen LogP contribution >= 0.6 is 0 Å². The van der Waals surface area contributed by atoms with Gasteiger partial charge in [-0.3, -0.25) is 20.2 Å². The van der Waals surface area contributed by atoms with Crippen molar-refractivity contribution < 1.29 is 9.85 Å². The number of nitrogens with zero attached hydrogens (tertiary/aromatic N) is 4. The number of hydrogen-bond acceptors (Lipinski definition) is 6. The van der Waals surface area contributed by atoms with Crippen molar-refractivity contribution in [2.24, 2.45) is 0 Å². The quantitative estimate of drug-likeness (QED) is 0.289. The maximum absolute atomic E-state index is 10.8. The molecule has 0 aromatic heterocycles. The second-order valence-corrected chi connectivity index (χ2v) is 6.61. The van der Waals surface area contributed by atoms with E-state index in [1.807, 2.05) is 36.4 Å². The monoisotopic (exact) mass is 422 g/mol. The van der Waals surface area contributed by atoms with Gasteiger partial charge in [0.25, 0.3) is 11.4 Å². The molecule has 8 heteroatoms. The molecule has 3 rings (SSSR count). The third kappa shape index (κ3) is 5.09. The zero-order valence-corrected chi connectivity index (χ0v) is 16.5. The van der Waals surface area contributed by atoms with Gasteiger partial charge in [-0.2, -0.15) is 10.5 Å². The molecule has 8 nitrogen and oxygen atoms in total. The molecular formula is C24H14N4O4. The Hall–Kier alpha value is -5.08. The maximum atomic E-state index is 10.8. The summed E-state index contributed by atoms with van der Waals surface area (Å²) < 4.78 is 0. The van der Waals surface area contributed by atoms with Crippen LogP contribution in [0.4, 0.5) is 11.4 Å². The summed E-state index contributed by atoms with van der Waals surface area (Å²) in [5, 5.41) is 40.1. The SMILES string of the molecule is N#Cc1cc([N+](=O)[O-])ccc1C=Cc1ccc(C=Cc2ccc([N+](=O)[O-])cc2C#N)cc1. The van der Waals surface area contributed by atoms with Crippen molar-refractivity contribution in [1.29, 1.82) is 10.5 Å². The average Bonchev–Trinajstić information content (AvgIpc) is 2.81. The molecule has 0 saturated heterocycles. The molecule has 0 heterocycles. The third-order valence-corrected chi connectivity index (χ3v) is 4.58. The molecule has 0 fully saturated rings. The molecule has 3 aromatic rings. The minimum Gasteiger partial charge on any atom is -0.258 e. The number of nitriles is 2. The minimum atomic E-state index is -0.545. The summed E-state index contributed by atoms with van der Waals surface area (Å²) in [5.41, 5.74) is 3.02. The molecule has 0 saturated carbocycles. The van der Waals surface area contributed by atoms with Crippen LogP contribution in [-0.4, -0.2) is 9.85 Å². The zero-order chi connectivity index (χ0) is 23.1. The molecule has 0 aliphatic heterocycles. The first kappa shape index (κ1) is 21.6. The summed E-state index contributed by atoms with van der Waals surface area (Å²) in [6.07, 6.45) is 7.01. The van der Waals surface area contributed by atoms with E-state index in [0.29, 0.717) is 11.1 Å². The summed E-state index contributed by atoms with van der Waals surface area (Å²) >= 11 is 0. The number of nitro benzene ring substituents is 2. The topological polar surface area (TPSA) is 134 Å². The number of nitro groups is 2. The summed E-state index contributed by atoms with van der Waals surface area (Å²) in [6, 6.07) is 19.6. The predicted octanol–water partition coefficient (Wildman–Crippen LogP) is 5.59. The Morgan fingerprint density at radius 3 is 1.31 bits per heavy atom. The highest BCUT2D eigenvalue weighted by Crippen LogP contribution is 2.21. The highest BCUT2D eigenvalue weighted by Gasteiger charge is 2.10. The van der Waals surface area contributed by atoms with Gasteiger partial charge in [0, 0.05) is 24.3 Å². The molecular weight excluding hydrogens is 408 g/mol. The summed E-state index contributed by atoms with van der Waals surface area (Å²) in [4.78, 5) is 20.6. The first-order valence-electron chi connectivity index (χ1n) is 9.24. The molecule has 0 bridgehead atoms. The predicted molar refractivity (Wildman–Crippen MR) is 120 cm³/mol. The molecule has 0 spiro atoms. The Morgan fingerprint density at radius 1 is 0.625 bits per heavy atom. The first-order chi connectivity index (χ1) is 15.4. The van der Waals surface area contributed by atoms with Crippen LogP contribution in [0, 0.1) is 42.9 Å². The standard InChI is InChI=1S/C24H14N4O4/c25-15-21-13-23(27(29)30)11-9-19(21)7-5-17-1-2-18(4-3-17)6-8-20-10-12-24(28(31)32)14-22(20)16-26/h1-14H. The third-order valence-electron chi connectivity index (χ3n) is 4.58. The van der Waals surface area contributed by atoms with E-state index in [-0.39, 0.29) is 22.5 Å². The largest absolute Gasteiger partial charge is 0.270 e.